The zero-order valence-electron chi connectivity index (χ0n) is 13.0. The smallest absolute Gasteiger partial charge is 0.331 e. The maximum Gasteiger partial charge on any atom is 0.331 e. The highest BCUT2D eigenvalue weighted by Gasteiger charge is 2.18. The van der Waals surface area contributed by atoms with E-state index < -0.39 is 5.97 Å². The van der Waals surface area contributed by atoms with Crippen molar-refractivity contribution in [2.75, 3.05) is 6.61 Å². The lowest BCUT2D eigenvalue weighted by molar-refractivity contribution is -0.132. The van der Waals surface area contributed by atoms with Gasteiger partial charge in [0.05, 0.1) is 0 Å². The van der Waals surface area contributed by atoms with E-state index in [0.717, 1.165) is 16.9 Å². The second-order valence-electron chi connectivity index (χ2n) is 5.95. The lowest BCUT2D eigenvalue weighted by Gasteiger charge is -2.23. The van der Waals surface area contributed by atoms with Crippen LogP contribution in [0.5, 0.6) is 5.75 Å². The van der Waals surface area contributed by atoms with Crippen LogP contribution in [-0.4, -0.2) is 17.7 Å². The summed E-state index contributed by atoms with van der Waals surface area (Å²) >= 11 is 0. The van der Waals surface area contributed by atoms with E-state index in [4.69, 9.17) is 9.84 Å². The number of aryl methyl sites for hydroxylation is 1. The predicted molar refractivity (Wildman–Crippen MR) is 81.4 cm³/mol. The van der Waals surface area contributed by atoms with Crippen LogP contribution < -0.4 is 4.74 Å². The average molecular weight is 276 g/mol. The molecule has 0 fully saturated rings. The molecule has 1 aromatic rings. The summed E-state index contributed by atoms with van der Waals surface area (Å²) in [7, 11) is 0. The number of carboxylic acid groups (broad SMARTS) is 1. The molecule has 0 saturated carbocycles. The lowest BCUT2D eigenvalue weighted by atomic mass is 9.86. The molecule has 1 rings (SSSR count). The Morgan fingerprint density at radius 2 is 2.00 bits per heavy atom. The Morgan fingerprint density at radius 1 is 1.35 bits per heavy atom. The van der Waals surface area contributed by atoms with Crippen LogP contribution in [0, 0.1) is 6.92 Å². The van der Waals surface area contributed by atoms with E-state index in [1.165, 1.54) is 0 Å². The summed E-state index contributed by atoms with van der Waals surface area (Å²) < 4.78 is 5.79. The predicted octanol–water partition coefficient (Wildman–Crippen LogP) is 4.09. The fourth-order valence-corrected chi connectivity index (χ4v) is 1.98. The topological polar surface area (TPSA) is 46.5 Å². The van der Waals surface area contributed by atoms with Crippen molar-refractivity contribution in [1.82, 2.24) is 0 Å². The van der Waals surface area contributed by atoms with Crippen molar-refractivity contribution in [1.29, 1.82) is 0 Å². The molecular formula is C17H24O3. The number of aliphatic carboxylic acids is 1. The van der Waals surface area contributed by atoms with Crippen LogP contribution in [-0.2, 0) is 10.2 Å². The van der Waals surface area contributed by atoms with E-state index in [0.29, 0.717) is 12.0 Å². The molecule has 0 amide bonds. The van der Waals surface area contributed by atoms with Crippen LogP contribution in [0.3, 0.4) is 0 Å². The summed E-state index contributed by atoms with van der Waals surface area (Å²) in [5.41, 5.74) is 2.64. The second kappa shape index (κ2) is 6.60. The molecule has 0 aliphatic rings. The summed E-state index contributed by atoms with van der Waals surface area (Å²) in [4.78, 5) is 10.9. The Hall–Kier alpha value is -1.77. The number of ether oxygens (including phenoxy) is 1. The Morgan fingerprint density at radius 3 is 2.50 bits per heavy atom. The molecule has 0 heterocycles. The third-order valence-electron chi connectivity index (χ3n) is 3.17. The van der Waals surface area contributed by atoms with Gasteiger partial charge in [0.2, 0.25) is 0 Å². The molecular weight excluding hydrogens is 252 g/mol. The van der Waals surface area contributed by atoms with E-state index in [-0.39, 0.29) is 12.0 Å². The van der Waals surface area contributed by atoms with Gasteiger partial charge < -0.3 is 9.84 Å². The number of hydrogen-bond acceptors (Lipinski definition) is 2. The van der Waals surface area contributed by atoms with Gasteiger partial charge in [-0.05, 0) is 42.0 Å². The third-order valence-corrected chi connectivity index (χ3v) is 3.17. The SMILES string of the molecule is CCC(=CCOc1cc(C)ccc1C(C)(C)C)C(=O)O. The van der Waals surface area contributed by atoms with Gasteiger partial charge >= 0.3 is 5.97 Å². The number of carbonyl (C=O) groups is 1. The van der Waals surface area contributed by atoms with Crippen molar-refractivity contribution in [3.8, 4) is 5.75 Å². The summed E-state index contributed by atoms with van der Waals surface area (Å²) in [5, 5.41) is 8.97. The summed E-state index contributed by atoms with van der Waals surface area (Å²) in [5.74, 6) is -0.0500. The first kappa shape index (κ1) is 16.3. The van der Waals surface area contributed by atoms with Crippen molar-refractivity contribution in [3.63, 3.8) is 0 Å². The third kappa shape index (κ3) is 4.41. The van der Waals surface area contributed by atoms with Crippen molar-refractivity contribution < 1.29 is 14.6 Å². The Kier molecular flexibility index (Phi) is 5.37. The number of rotatable bonds is 5. The van der Waals surface area contributed by atoms with Gasteiger partial charge in [0.15, 0.2) is 0 Å². The molecule has 1 N–H and O–H groups in total. The van der Waals surface area contributed by atoms with E-state index in [9.17, 15) is 4.79 Å². The Balaban J connectivity index is 2.92. The highest BCUT2D eigenvalue weighted by molar-refractivity contribution is 5.86. The fourth-order valence-electron chi connectivity index (χ4n) is 1.98. The standard InChI is InChI=1S/C17H24O3/c1-6-13(16(18)19)9-10-20-15-11-12(2)7-8-14(15)17(3,4)5/h7-9,11H,6,10H2,1-5H3,(H,18,19). The van der Waals surface area contributed by atoms with Crippen LogP contribution in [0.2, 0.25) is 0 Å². The van der Waals surface area contributed by atoms with Crippen LogP contribution in [0.25, 0.3) is 0 Å². The summed E-state index contributed by atoms with van der Waals surface area (Å²) in [6, 6.07) is 6.14. The molecule has 0 atom stereocenters. The van der Waals surface area contributed by atoms with Gasteiger partial charge in [0.1, 0.15) is 12.4 Å². The van der Waals surface area contributed by atoms with Crippen LogP contribution >= 0.6 is 0 Å². The van der Waals surface area contributed by atoms with E-state index >= 15 is 0 Å². The van der Waals surface area contributed by atoms with Gasteiger partial charge in [-0.1, -0.05) is 39.8 Å². The minimum Gasteiger partial charge on any atom is -0.489 e. The maximum atomic E-state index is 10.9. The van der Waals surface area contributed by atoms with Crippen molar-refractivity contribution >= 4 is 5.97 Å². The van der Waals surface area contributed by atoms with Crippen LogP contribution in [0.1, 0.15) is 45.2 Å². The molecule has 3 nitrogen and oxygen atoms in total. The zero-order valence-corrected chi connectivity index (χ0v) is 13.0. The van der Waals surface area contributed by atoms with Gasteiger partial charge in [0.25, 0.3) is 0 Å². The molecule has 3 heteroatoms. The first-order valence-electron chi connectivity index (χ1n) is 6.92. The van der Waals surface area contributed by atoms with Gasteiger partial charge in [-0.15, -0.1) is 0 Å². The Bertz CT molecular complexity index is 507. The molecule has 0 spiro atoms. The maximum absolute atomic E-state index is 10.9. The normalized spacial score (nSPS) is 12.3. The second-order valence-corrected chi connectivity index (χ2v) is 5.95. The monoisotopic (exact) mass is 276 g/mol. The molecule has 0 unspecified atom stereocenters. The fraction of sp³-hybridized carbons (Fsp3) is 0.471. The number of hydrogen-bond donors (Lipinski definition) is 1. The largest absolute Gasteiger partial charge is 0.489 e. The Labute approximate surface area is 121 Å². The molecule has 0 saturated heterocycles. The van der Waals surface area contributed by atoms with Crippen LogP contribution in [0.4, 0.5) is 0 Å². The van der Waals surface area contributed by atoms with Gasteiger partial charge in [-0.25, -0.2) is 4.79 Å². The summed E-state index contributed by atoms with van der Waals surface area (Å²) in [6.45, 7) is 10.5. The number of benzene rings is 1. The minimum absolute atomic E-state index is 0.00681. The molecule has 110 valence electrons. The molecule has 0 aromatic heterocycles. The average Bonchev–Trinajstić information content (AvgIpc) is 2.32. The van der Waals surface area contributed by atoms with Gasteiger partial charge in [0, 0.05) is 5.57 Å². The quantitative estimate of drug-likeness (QED) is 0.824. The zero-order chi connectivity index (χ0) is 15.3. The lowest BCUT2D eigenvalue weighted by Crippen LogP contribution is -2.14. The van der Waals surface area contributed by atoms with Gasteiger partial charge in [-0.2, -0.15) is 0 Å². The highest BCUT2D eigenvalue weighted by atomic mass is 16.5. The van der Waals surface area contributed by atoms with Crippen molar-refractivity contribution in [3.05, 3.63) is 41.0 Å². The van der Waals surface area contributed by atoms with E-state index in [2.05, 4.69) is 32.9 Å². The van der Waals surface area contributed by atoms with E-state index in [1.807, 2.05) is 19.9 Å². The van der Waals surface area contributed by atoms with Crippen molar-refractivity contribution in [2.24, 2.45) is 0 Å². The molecule has 0 aliphatic heterocycles. The molecule has 0 aliphatic carbocycles. The van der Waals surface area contributed by atoms with E-state index in [1.54, 1.807) is 6.08 Å². The first-order chi connectivity index (χ1) is 9.25. The van der Waals surface area contributed by atoms with Gasteiger partial charge in [-0.3, -0.25) is 0 Å². The number of carboxylic acids is 1. The molecule has 0 radical (unpaired) electrons. The first-order valence-corrected chi connectivity index (χ1v) is 6.92. The molecule has 20 heavy (non-hydrogen) atoms. The molecule has 0 bridgehead atoms. The minimum atomic E-state index is -0.878. The van der Waals surface area contributed by atoms with Crippen LogP contribution in [0.15, 0.2) is 29.8 Å². The highest BCUT2D eigenvalue weighted by Crippen LogP contribution is 2.32. The molecule has 1 aromatic carbocycles. The van der Waals surface area contributed by atoms with Crippen molar-refractivity contribution in [2.45, 2.75) is 46.5 Å². The summed E-state index contributed by atoms with van der Waals surface area (Å²) in [6.07, 6.45) is 2.13.